The van der Waals surface area contributed by atoms with E-state index < -0.39 is 151 Å². The maximum absolute atomic E-state index is 15.4. The van der Waals surface area contributed by atoms with Gasteiger partial charge in [-0.1, -0.05) is 30.3 Å². The van der Waals surface area contributed by atoms with Crippen LogP contribution in [0.15, 0.2) is 48.9 Å². The molecule has 1 heterocycles. The zero-order valence-electron chi connectivity index (χ0n) is 29.4. The summed E-state index contributed by atoms with van der Waals surface area (Å²) >= 11 is 0. The SMILES string of the molecule is Fc1c(F)c(F)c([B-](c2c(F)c(F)c(F)c(F)c2F)(c2c(F)c(F)c(F)c(F)c2F)c2c(F)c(F)c(F)c(F)c2F)c(F)c1F.O=C(C[n+]1ccncc1CF)c1ccccc1. The first-order valence-corrected chi connectivity index (χ1v) is 16.2. The highest BCUT2D eigenvalue weighted by molar-refractivity contribution is 7.20. The van der Waals surface area contributed by atoms with Crippen LogP contribution in [0.2, 0.25) is 0 Å². The summed E-state index contributed by atoms with van der Waals surface area (Å²) in [5.74, 6) is -71.4. The molecule has 5 aromatic carbocycles. The number of rotatable bonds is 8. The van der Waals surface area contributed by atoms with E-state index in [1.165, 1.54) is 12.4 Å². The normalized spacial score (nSPS) is 11.5. The highest BCUT2D eigenvalue weighted by Crippen LogP contribution is 2.30. The van der Waals surface area contributed by atoms with Gasteiger partial charge in [0.2, 0.25) is 18.0 Å². The van der Waals surface area contributed by atoms with Crippen molar-refractivity contribution in [1.82, 2.24) is 4.98 Å². The van der Waals surface area contributed by atoms with Crippen LogP contribution in [0.3, 0.4) is 0 Å². The Labute approximate surface area is 330 Å². The van der Waals surface area contributed by atoms with Gasteiger partial charge in [0, 0.05) is 5.56 Å². The third-order valence-electron chi connectivity index (χ3n) is 9.18. The van der Waals surface area contributed by atoms with Gasteiger partial charge >= 0.3 is 0 Å². The molecule has 0 saturated carbocycles. The number of halogens is 21. The molecule has 62 heavy (non-hydrogen) atoms. The lowest BCUT2D eigenvalue weighted by Gasteiger charge is -2.44. The first kappa shape index (κ1) is 46.5. The van der Waals surface area contributed by atoms with Gasteiger partial charge in [0.15, 0.2) is 82.7 Å². The lowest BCUT2D eigenvalue weighted by molar-refractivity contribution is -0.692. The predicted octanol–water partition coefficient (Wildman–Crippen LogP) is 7.57. The second-order valence-corrected chi connectivity index (χ2v) is 12.4. The smallest absolute Gasteiger partial charge is 0.231 e. The Morgan fingerprint density at radius 2 is 0.710 bits per heavy atom. The molecule has 0 N–H and O–H groups in total. The third kappa shape index (κ3) is 7.24. The molecular weight excluding hydrogens is 898 g/mol. The maximum Gasteiger partial charge on any atom is 0.231 e. The fourth-order valence-electron chi connectivity index (χ4n) is 6.43. The van der Waals surface area contributed by atoms with Crippen LogP contribution in [-0.4, -0.2) is 16.9 Å². The summed E-state index contributed by atoms with van der Waals surface area (Å²) in [6.45, 7) is -0.498. The standard InChI is InChI=1S/C24BF20.C13H12FN2O/c26-5-1(6(27)14(35)21(42)13(5)34)25(2-7(28)15(36)22(43)16(37)8(2)29,3-9(30)17(38)23(44)18(39)10(3)31)4-11(32)19(40)24(45)20(41)12(4)33;14-8-12-9-15-6-7-16(12)10-13(17)11-4-2-1-3-5-11/h;1-7,9H,8,10H2/q-1;+1. The van der Waals surface area contributed by atoms with Crippen LogP contribution >= 0.6 is 0 Å². The number of benzene rings is 5. The van der Waals surface area contributed by atoms with Gasteiger partial charge in [-0.3, -0.25) is 9.78 Å². The molecule has 3 nitrogen and oxygen atoms in total. The van der Waals surface area contributed by atoms with Crippen molar-refractivity contribution >= 4 is 33.8 Å². The van der Waals surface area contributed by atoms with Gasteiger partial charge in [0.25, 0.3) is 0 Å². The molecule has 0 spiro atoms. The van der Waals surface area contributed by atoms with Crippen LogP contribution < -0.4 is 26.4 Å². The van der Waals surface area contributed by atoms with Gasteiger partial charge in [-0.15, -0.1) is 21.9 Å². The van der Waals surface area contributed by atoms with E-state index in [1.54, 1.807) is 35.0 Å². The Balaban J connectivity index is 0.000000355. The molecule has 1 aromatic heterocycles. The molecule has 6 aromatic rings. The minimum absolute atomic E-state index is 0.0449. The number of hydrogen-bond acceptors (Lipinski definition) is 2. The summed E-state index contributed by atoms with van der Waals surface area (Å²) in [4.78, 5) is 15.7. The minimum Gasteiger partial charge on any atom is -0.287 e. The van der Waals surface area contributed by atoms with Gasteiger partial charge in [-0.05, 0) is 0 Å². The van der Waals surface area contributed by atoms with Crippen LogP contribution in [0.25, 0.3) is 0 Å². The molecule has 0 aliphatic rings. The molecular formula is C37H12BF21N2O. The van der Waals surface area contributed by atoms with Gasteiger partial charge < -0.3 is 0 Å². The molecule has 0 bridgehead atoms. The predicted molar refractivity (Wildman–Crippen MR) is 169 cm³/mol. The van der Waals surface area contributed by atoms with Gasteiger partial charge in [0.05, 0.1) is 12.4 Å². The number of aromatic nitrogens is 2. The summed E-state index contributed by atoms with van der Waals surface area (Å²) in [5.41, 5.74) is -13.3. The minimum atomic E-state index is -7.22. The Hall–Kier alpha value is -6.56. The number of ketones is 1. The van der Waals surface area contributed by atoms with Crippen LogP contribution in [0.1, 0.15) is 16.1 Å². The number of nitrogens with zero attached hydrogens (tertiary/aromatic N) is 2. The molecule has 0 fully saturated rings. The summed E-state index contributed by atoms with van der Waals surface area (Å²) in [6, 6.07) is 8.96. The zero-order valence-corrected chi connectivity index (χ0v) is 29.4. The first-order valence-electron chi connectivity index (χ1n) is 16.2. The van der Waals surface area contributed by atoms with Crippen LogP contribution in [0, 0.1) is 116 Å². The topological polar surface area (TPSA) is 33.8 Å². The lowest BCUT2D eigenvalue weighted by atomic mass is 9.12. The van der Waals surface area contributed by atoms with Gasteiger partial charge in [0.1, 0.15) is 52.7 Å². The molecule has 0 unspecified atom stereocenters. The number of hydrogen-bond donors (Lipinski definition) is 0. The second-order valence-electron chi connectivity index (χ2n) is 12.4. The van der Waals surface area contributed by atoms with Crippen LogP contribution in [-0.2, 0) is 13.2 Å². The average molecular weight is 910 g/mol. The molecule has 6 rings (SSSR count). The van der Waals surface area contributed by atoms with Crippen molar-refractivity contribution in [2.45, 2.75) is 13.2 Å². The number of carbonyl (C=O) groups is 1. The fraction of sp³-hybridized carbons (Fsp3) is 0.0541. The first-order chi connectivity index (χ1) is 29.0. The summed E-state index contributed by atoms with van der Waals surface area (Å²) in [7, 11) is 0. The fourth-order valence-corrected chi connectivity index (χ4v) is 6.43. The highest BCUT2D eigenvalue weighted by atomic mass is 19.2. The molecule has 0 atom stereocenters. The third-order valence-corrected chi connectivity index (χ3v) is 9.18. The van der Waals surface area contributed by atoms with Gasteiger partial charge in [-0.25, -0.2) is 92.2 Å². The summed E-state index contributed by atoms with van der Waals surface area (Å²) < 4.78 is 308. The number of carbonyl (C=O) groups excluding carboxylic acids is 1. The Bertz CT molecular complexity index is 2410. The monoisotopic (exact) mass is 910 g/mol. The summed E-state index contributed by atoms with van der Waals surface area (Å²) in [6.07, 6.45) is -2.64. The lowest BCUT2D eigenvalue weighted by Crippen LogP contribution is -2.81. The number of alkyl halides is 1. The molecule has 0 radical (unpaired) electrons. The van der Waals surface area contributed by atoms with E-state index in [2.05, 4.69) is 4.98 Å². The van der Waals surface area contributed by atoms with E-state index in [4.69, 9.17) is 0 Å². The average Bonchev–Trinajstić information content (AvgIpc) is 3.26. The molecule has 0 aliphatic heterocycles. The Kier molecular flexibility index (Phi) is 13.1. The van der Waals surface area contributed by atoms with E-state index in [0.717, 1.165) is 0 Å². The second kappa shape index (κ2) is 17.4. The molecule has 25 heteroatoms. The molecule has 0 amide bonds. The molecule has 326 valence electrons. The van der Waals surface area contributed by atoms with Crippen molar-refractivity contribution in [3.63, 3.8) is 0 Å². The Morgan fingerprint density at radius 3 is 0.984 bits per heavy atom. The van der Waals surface area contributed by atoms with Crippen molar-refractivity contribution in [3.05, 3.63) is 177 Å². The number of Topliss-reactive ketones (excluding diaryl/α,β-unsaturated/α-hetero) is 1. The maximum atomic E-state index is 15.4. The molecule has 0 aliphatic carbocycles. The Morgan fingerprint density at radius 1 is 0.435 bits per heavy atom. The van der Waals surface area contributed by atoms with Crippen molar-refractivity contribution in [2.75, 3.05) is 0 Å². The van der Waals surface area contributed by atoms with Crippen molar-refractivity contribution in [2.24, 2.45) is 0 Å². The van der Waals surface area contributed by atoms with Crippen LogP contribution in [0.4, 0.5) is 92.2 Å². The van der Waals surface area contributed by atoms with Gasteiger partial charge in [-0.2, -0.15) is 4.57 Å². The van der Waals surface area contributed by atoms with E-state index in [9.17, 15) is 61.9 Å². The van der Waals surface area contributed by atoms with E-state index in [1.807, 2.05) is 6.07 Å². The van der Waals surface area contributed by atoms with Crippen LogP contribution in [0.5, 0.6) is 0 Å². The van der Waals surface area contributed by atoms with Crippen molar-refractivity contribution in [3.8, 4) is 0 Å². The quantitative estimate of drug-likeness (QED) is 0.0395. The summed E-state index contributed by atoms with van der Waals surface area (Å²) in [5, 5.41) is 0. The van der Waals surface area contributed by atoms with E-state index >= 15 is 35.1 Å². The van der Waals surface area contributed by atoms with E-state index in [0.29, 0.717) is 11.3 Å². The van der Waals surface area contributed by atoms with Crippen molar-refractivity contribution < 1.29 is 102 Å². The van der Waals surface area contributed by atoms with Crippen molar-refractivity contribution in [1.29, 1.82) is 0 Å². The zero-order chi connectivity index (χ0) is 46.4. The largest absolute Gasteiger partial charge is 0.287 e. The van der Waals surface area contributed by atoms with E-state index in [-0.39, 0.29) is 12.3 Å². The molecule has 0 saturated heterocycles. The highest BCUT2D eigenvalue weighted by Gasteiger charge is 2.52.